The van der Waals surface area contributed by atoms with E-state index >= 15 is 0 Å². The zero-order valence-corrected chi connectivity index (χ0v) is 19.7. The minimum absolute atomic E-state index is 0.0894. The number of amides is 1. The third kappa shape index (κ3) is 3.85. The highest BCUT2D eigenvalue weighted by molar-refractivity contribution is 7.90. The number of sulfone groups is 1. The molecule has 1 aromatic heterocycles. The zero-order chi connectivity index (χ0) is 24.7. The van der Waals surface area contributed by atoms with Gasteiger partial charge in [-0.3, -0.25) is 4.79 Å². The van der Waals surface area contributed by atoms with E-state index in [1.807, 2.05) is 0 Å². The van der Waals surface area contributed by atoms with Crippen molar-refractivity contribution in [2.24, 2.45) is 5.92 Å². The number of alkyl halides is 3. The number of ether oxygens (including phenoxy) is 1. The fourth-order valence-electron chi connectivity index (χ4n) is 4.49. The lowest BCUT2D eigenvalue weighted by Gasteiger charge is -2.24. The second-order valence-electron chi connectivity index (χ2n) is 9.96. The molecule has 2 saturated carbocycles. The Kier molecular flexibility index (Phi) is 4.89. The highest BCUT2D eigenvalue weighted by atomic mass is 32.2. The Balaban J connectivity index is 1.42. The van der Waals surface area contributed by atoms with Crippen LogP contribution in [0.5, 0.6) is 5.75 Å². The van der Waals surface area contributed by atoms with Gasteiger partial charge < -0.3 is 14.2 Å². The summed E-state index contributed by atoms with van der Waals surface area (Å²) in [6, 6.07) is 3.31. The fourth-order valence-corrected chi connectivity index (χ4v) is 5.14. The molecule has 184 valence electrons. The second kappa shape index (κ2) is 7.19. The van der Waals surface area contributed by atoms with Crippen LogP contribution in [0.25, 0.3) is 0 Å². The third-order valence-electron chi connectivity index (χ3n) is 7.19. The van der Waals surface area contributed by atoms with Crippen molar-refractivity contribution in [3.63, 3.8) is 0 Å². The van der Waals surface area contributed by atoms with E-state index in [1.54, 1.807) is 0 Å². The van der Waals surface area contributed by atoms with E-state index in [0.717, 1.165) is 50.6 Å². The number of benzene rings is 1. The lowest BCUT2D eigenvalue weighted by atomic mass is 10.1. The van der Waals surface area contributed by atoms with Crippen LogP contribution in [0.2, 0.25) is 0 Å². The van der Waals surface area contributed by atoms with Gasteiger partial charge in [0, 0.05) is 24.8 Å². The maximum absolute atomic E-state index is 13.4. The van der Waals surface area contributed by atoms with Crippen LogP contribution < -0.4 is 4.74 Å². The van der Waals surface area contributed by atoms with E-state index in [1.165, 1.54) is 4.90 Å². The molecule has 34 heavy (non-hydrogen) atoms. The molecule has 0 radical (unpaired) electrons. The maximum atomic E-state index is 13.4. The SMILES string of the molecule is C[C@H](Oc1ccc(S(C)(=O)=O)cc1C(=O)N1CC2CC2(c2noc(C3(C)CC3)n2)C1)C(F)(F)F. The van der Waals surface area contributed by atoms with E-state index in [9.17, 15) is 26.4 Å². The molecule has 5 rings (SSSR count). The average Bonchev–Trinajstić information content (AvgIpc) is 3.52. The molecule has 0 bridgehead atoms. The lowest BCUT2D eigenvalue weighted by molar-refractivity contribution is -0.189. The van der Waals surface area contributed by atoms with Crippen molar-refractivity contribution < 1.29 is 35.6 Å². The molecule has 2 aromatic rings. The van der Waals surface area contributed by atoms with Crippen LogP contribution in [-0.4, -0.2) is 61.0 Å². The van der Waals surface area contributed by atoms with Crippen LogP contribution in [0.3, 0.4) is 0 Å². The van der Waals surface area contributed by atoms with Gasteiger partial charge in [0.25, 0.3) is 5.91 Å². The van der Waals surface area contributed by atoms with Gasteiger partial charge in [-0.1, -0.05) is 12.1 Å². The van der Waals surface area contributed by atoms with Crippen molar-refractivity contribution in [2.45, 2.75) is 61.1 Å². The summed E-state index contributed by atoms with van der Waals surface area (Å²) < 4.78 is 73.8. The van der Waals surface area contributed by atoms with Crippen LogP contribution in [0.4, 0.5) is 13.2 Å². The first-order valence-corrected chi connectivity index (χ1v) is 12.8. The minimum Gasteiger partial charge on any atom is -0.480 e. The maximum Gasteiger partial charge on any atom is 0.425 e. The lowest BCUT2D eigenvalue weighted by Crippen LogP contribution is -2.35. The summed E-state index contributed by atoms with van der Waals surface area (Å²) >= 11 is 0. The summed E-state index contributed by atoms with van der Waals surface area (Å²) in [4.78, 5) is 19.3. The summed E-state index contributed by atoms with van der Waals surface area (Å²) in [5.74, 6) is 0.318. The highest BCUT2D eigenvalue weighted by Crippen LogP contribution is 2.59. The number of likely N-dealkylation sites (tertiary alicyclic amines) is 1. The second-order valence-corrected chi connectivity index (χ2v) is 12.0. The molecule has 2 unspecified atom stereocenters. The van der Waals surface area contributed by atoms with Crippen LogP contribution in [-0.2, 0) is 20.7 Å². The first kappa shape index (κ1) is 23.1. The van der Waals surface area contributed by atoms with E-state index in [4.69, 9.17) is 9.26 Å². The van der Waals surface area contributed by atoms with Crippen LogP contribution in [0.1, 0.15) is 55.2 Å². The first-order chi connectivity index (χ1) is 15.7. The number of nitrogens with zero attached hydrogens (tertiary/aromatic N) is 3. The Morgan fingerprint density at radius 1 is 1.32 bits per heavy atom. The summed E-state index contributed by atoms with van der Waals surface area (Å²) in [5, 5.41) is 4.16. The Bertz CT molecular complexity index is 1270. The Labute approximate surface area is 194 Å². The molecule has 3 fully saturated rings. The van der Waals surface area contributed by atoms with Crippen molar-refractivity contribution in [3.8, 4) is 5.75 Å². The molecule has 1 aliphatic heterocycles. The van der Waals surface area contributed by atoms with Gasteiger partial charge in [-0.25, -0.2) is 8.42 Å². The predicted molar refractivity (Wildman–Crippen MR) is 112 cm³/mol. The number of carbonyl (C=O) groups excluding carboxylic acids is 1. The molecule has 0 N–H and O–H groups in total. The van der Waals surface area contributed by atoms with Crippen molar-refractivity contribution in [2.75, 3.05) is 19.3 Å². The van der Waals surface area contributed by atoms with Gasteiger partial charge in [0.1, 0.15) is 5.75 Å². The Hall–Kier alpha value is -2.63. The number of halogens is 3. The van der Waals surface area contributed by atoms with E-state index in [2.05, 4.69) is 17.1 Å². The number of carbonyl (C=O) groups is 1. The molecular weight excluding hydrogens is 475 g/mol. The molecule has 12 heteroatoms. The number of fused-ring (bicyclic) bond motifs is 1. The van der Waals surface area contributed by atoms with Crippen molar-refractivity contribution in [1.82, 2.24) is 15.0 Å². The highest BCUT2D eigenvalue weighted by Gasteiger charge is 2.65. The molecule has 0 spiro atoms. The molecule has 3 atom stereocenters. The largest absolute Gasteiger partial charge is 0.480 e. The predicted octanol–water partition coefficient (Wildman–Crippen LogP) is 3.27. The van der Waals surface area contributed by atoms with Gasteiger partial charge in [-0.2, -0.15) is 18.2 Å². The van der Waals surface area contributed by atoms with Crippen LogP contribution in [0.15, 0.2) is 27.6 Å². The van der Waals surface area contributed by atoms with E-state index < -0.39 is 33.4 Å². The van der Waals surface area contributed by atoms with Crippen molar-refractivity contribution >= 4 is 15.7 Å². The number of aromatic nitrogens is 2. The van der Waals surface area contributed by atoms with Crippen LogP contribution in [0, 0.1) is 5.92 Å². The van der Waals surface area contributed by atoms with Gasteiger partial charge in [-0.05, 0) is 50.3 Å². The molecule has 2 heterocycles. The summed E-state index contributed by atoms with van der Waals surface area (Å²) in [6.07, 6.45) is -3.13. The van der Waals surface area contributed by atoms with Gasteiger partial charge in [-0.15, -0.1) is 0 Å². The standard InChI is InChI=1S/C22H24F3N3O5S/c1-12(22(23,24)25)32-16-5-4-14(34(3,30)31)8-15(16)17(29)28-10-13-9-21(13,11-28)18-26-19(33-27-18)20(2)6-7-20/h4-5,8,12-13H,6-7,9-11H2,1-3H3/t12-,13?,21?/m0/s1. The van der Waals surface area contributed by atoms with E-state index in [0.29, 0.717) is 18.3 Å². The smallest absolute Gasteiger partial charge is 0.425 e. The Morgan fingerprint density at radius 2 is 2.03 bits per heavy atom. The van der Waals surface area contributed by atoms with E-state index in [-0.39, 0.29) is 34.1 Å². The summed E-state index contributed by atoms with van der Waals surface area (Å²) in [6.45, 7) is 3.50. The molecule has 8 nitrogen and oxygen atoms in total. The normalized spacial score (nSPS) is 26.2. The molecule has 2 aliphatic carbocycles. The topological polar surface area (TPSA) is 103 Å². The van der Waals surface area contributed by atoms with Crippen LogP contribution >= 0.6 is 0 Å². The average molecular weight is 500 g/mol. The monoisotopic (exact) mass is 499 g/mol. The minimum atomic E-state index is -4.65. The number of hydrogen-bond acceptors (Lipinski definition) is 7. The van der Waals surface area contributed by atoms with Gasteiger partial charge >= 0.3 is 6.18 Å². The number of hydrogen-bond donors (Lipinski definition) is 0. The zero-order valence-electron chi connectivity index (χ0n) is 18.8. The third-order valence-corrected chi connectivity index (χ3v) is 8.31. The fraction of sp³-hybridized carbons (Fsp3) is 0.591. The number of rotatable bonds is 6. The quantitative estimate of drug-likeness (QED) is 0.601. The Morgan fingerprint density at radius 3 is 2.65 bits per heavy atom. The van der Waals surface area contributed by atoms with Crippen molar-refractivity contribution in [1.29, 1.82) is 0 Å². The summed E-state index contributed by atoms with van der Waals surface area (Å²) in [5.41, 5.74) is -0.764. The molecule has 1 aromatic carbocycles. The number of piperidine rings is 1. The summed E-state index contributed by atoms with van der Waals surface area (Å²) in [7, 11) is -3.70. The molecule has 3 aliphatic rings. The van der Waals surface area contributed by atoms with Gasteiger partial charge in [0.05, 0.1) is 15.9 Å². The van der Waals surface area contributed by atoms with Gasteiger partial charge in [0.2, 0.25) is 5.89 Å². The molecule has 1 saturated heterocycles. The molecule has 1 amide bonds. The molecular formula is C22H24F3N3O5S. The van der Waals surface area contributed by atoms with Gasteiger partial charge in [0.15, 0.2) is 21.8 Å². The first-order valence-electron chi connectivity index (χ1n) is 10.9. The van der Waals surface area contributed by atoms with Crippen molar-refractivity contribution in [3.05, 3.63) is 35.5 Å².